The first-order valence-electron chi connectivity index (χ1n) is 5.79. The quantitative estimate of drug-likeness (QED) is 0.671. The van der Waals surface area contributed by atoms with Gasteiger partial charge in [-0.3, -0.25) is 14.7 Å². The fourth-order valence-corrected chi connectivity index (χ4v) is 2.25. The van der Waals surface area contributed by atoms with Crippen LogP contribution in [0.4, 0.5) is 5.95 Å². The van der Waals surface area contributed by atoms with Crippen LogP contribution in [0.2, 0.25) is 0 Å². The predicted octanol–water partition coefficient (Wildman–Crippen LogP) is -0.367. The van der Waals surface area contributed by atoms with Crippen LogP contribution in [-0.2, 0) is 19.5 Å². The summed E-state index contributed by atoms with van der Waals surface area (Å²) in [7, 11) is 0. The van der Waals surface area contributed by atoms with Gasteiger partial charge in [-0.1, -0.05) is 0 Å². The third kappa shape index (κ3) is 2.00. The Kier molecular flexibility index (Phi) is 2.60. The summed E-state index contributed by atoms with van der Waals surface area (Å²) in [5.41, 5.74) is 7.98. The molecule has 2 aromatic heterocycles. The number of fused-ring (bicyclic) bond motifs is 1. The van der Waals surface area contributed by atoms with E-state index in [0.29, 0.717) is 6.54 Å². The molecule has 0 bridgehead atoms. The normalized spacial score (nSPS) is 15.6. The molecule has 7 heteroatoms. The number of nitrogens with two attached hydrogens (primary N) is 1. The maximum atomic E-state index is 11.8. The number of H-pyrrole nitrogens is 2. The number of nitrogen functional groups attached to an aromatic ring is 1. The number of imidazole rings is 1. The average Bonchev–Trinajstić information content (AvgIpc) is 2.83. The van der Waals surface area contributed by atoms with Gasteiger partial charge in [-0.05, 0) is 0 Å². The van der Waals surface area contributed by atoms with Crippen LogP contribution in [0.5, 0.6) is 0 Å². The summed E-state index contributed by atoms with van der Waals surface area (Å²) in [6.07, 6.45) is 4.20. The second-order valence-corrected chi connectivity index (χ2v) is 4.41. The van der Waals surface area contributed by atoms with E-state index in [2.05, 4.69) is 24.8 Å². The van der Waals surface area contributed by atoms with Gasteiger partial charge < -0.3 is 10.7 Å². The zero-order valence-corrected chi connectivity index (χ0v) is 9.81. The third-order valence-corrected chi connectivity index (χ3v) is 3.11. The molecule has 0 saturated carbocycles. The molecular formula is C11H14N6O. The van der Waals surface area contributed by atoms with Gasteiger partial charge in [0.25, 0.3) is 5.56 Å². The second kappa shape index (κ2) is 4.26. The molecule has 7 nitrogen and oxygen atoms in total. The second-order valence-electron chi connectivity index (χ2n) is 4.41. The van der Waals surface area contributed by atoms with Crippen molar-refractivity contribution >= 4 is 5.95 Å². The van der Waals surface area contributed by atoms with Gasteiger partial charge >= 0.3 is 0 Å². The maximum absolute atomic E-state index is 11.8. The fourth-order valence-electron chi connectivity index (χ4n) is 2.25. The Balaban J connectivity index is 1.83. The van der Waals surface area contributed by atoms with Crippen LogP contribution in [0.25, 0.3) is 0 Å². The first-order chi connectivity index (χ1) is 8.72. The highest BCUT2D eigenvalue weighted by Crippen LogP contribution is 2.15. The van der Waals surface area contributed by atoms with Gasteiger partial charge in [0.15, 0.2) is 0 Å². The van der Waals surface area contributed by atoms with Crippen molar-refractivity contribution in [1.82, 2.24) is 24.8 Å². The molecular weight excluding hydrogens is 232 g/mol. The summed E-state index contributed by atoms with van der Waals surface area (Å²) < 4.78 is 0. The summed E-state index contributed by atoms with van der Waals surface area (Å²) in [6.45, 7) is 2.21. The Labute approximate surface area is 103 Å². The smallest absolute Gasteiger partial charge is 0.257 e. The van der Waals surface area contributed by atoms with Crippen molar-refractivity contribution in [3.63, 3.8) is 0 Å². The minimum absolute atomic E-state index is 0.133. The van der Waals surface area contributed by atoms with Crippen molar-refractivity contribution in [3.8, 4) is 0 Å². The molecule has 0 spiro atoms. The van der Waals surface area contributed by atoms with Gasteiger partial charge in [0.05, 0.1) is 17.6 Å². The highest BCUT2D eigenvalue weighted by Gasteiger charge is 2.20. The van der Waals surface area contributed by atoms with Crippen LogP contribution in [-0.4, -0.2) is 31.4 Å². The van der Waals surface area contributed by atoms with E-state index >= 15 is 0 Å². The molecule has 1 aliphatic heterocycles. The van der Waals surface area contributed by atoms with Crippen molar-refractivity contribution in [3.05, 3.63) is 39.8 Å². The minimum atomic E-state index is -0.133. The molecule has 4 N–H and O–H groups in total. The molecule has 0 unspecified atom stereocenters. The molecule has 1 aliphatic rings. The number of hydrogen-bond acceptors (Lipinski definition) is 5. The third-order valence-electron chi connectivity index (χ3n) is 3.11. The Bertz CT molecular complexity index is 602. The van der Waals surface area contributed by atoms with Crippen LogP contribution in [0.3, 0.4) is 0 Å². The standard InChI is InChI=1S/C11H14N6O/c12-11-15-9-1-2-17(4-7-3-13-6-14-7)5-8(9)10(18)16-11/h3,6H,1-2,4-5H2,(H,13,14)(H3,12,15,16,18). The SMILES string of the molecule is Nc1nc2c(c(=O)[nH]1)CN(Cc1cnc[nH]1)CC2. The summed E-state index contributed by atoms with van der Waals surface area (Å²) in [5, 5.41) is 0. The predicted molar refractivity (Wildman–Crippen MR) is 65.7 cm³/mol. The van der Waals surface area contributed by atoms with E-state index in [4.69, 9.17) is 5.73 Å². The lowest BCUT2D eigenvalue weighted by Crippen LogP contribution is -2.35. The molecule has 0 atom stereocenters. The van der Waals surface area contributed by atoms with E-state index in [1.807, 2.05) is 0 Å². The molecule has 0 aromatic carbocycles. The van der Waals surface area contributed by atoms with E-state index in [0.717, 1.165) is 36.5 Å². The maximum Gasteiger partial charge on any atom is 0.257 e. The van der Waals surface area contributed by atoms with Crippen LogP contribution < -0.4 is 11.3 Å². The Morgan fingerprint density at radius 2 is 2.39 bits per heavy atom. The molecule has 0 saturated heterocycles. The largest absolute Gasteiger partial charge is 0.369 e. The van der Waals surface area contributed by atoms with Gasteiger partial charge in [0.1, 0.15) is 0 Å². The van der Waals surface area contributed by atoms with Crippen molar-refractivity contribution in [1.29, 1.82) is 0 Å². The van der Waals surface area contributed by atoms with E-state index in [9.17, 15) is 4.79 Å². The zero-order valence-electron chi connectivity index (χ0n) is 9.81. The average molecular weight is 246 g/mol. The summed E-state index contributed by atoms with van der Waals surface area (Å²) >= 11 is 0. The zero-order chi connectivity index (χ0) is 12.5. The van der Waals surface area contributed by atoms with Gasteiger partial charge in [-0.15, -0.1) is 0 Å². The lowest BCUT2D eigenvalue weighted by atomic mass is 10.1. The lowest BCUT2D eigenvalue weighted by Gasteiger charge is -2.26. The van der Waals surface area contributed by atoms with Crippen LogP contribution in [0.15, 0.2) is 17.3 Å². The monoisotopic (exact) mass is 246 g/mol. The summed E-state index contributed by atoms with van der Waals surface area (Å²) in [4.78, 5) is 27.8. The van der Waals surface area contributed by atoms with Crippen molar-refractivity contribution in [2.24, 2.45) is 0 Å². The molecule has 94 valence electrons. The van der Waals surface area contributed by atoms with Gasteiger partial charge in [-0.25, -0.2) is 9.97 Å². The topological polar surface area (TPSA) is 104 Å². The molecule has 0 amide bonds. The Morgan fingerprint density at radius 3 is 3.17 bits per heavy atom. The van der Waals surface area contributed by atoms with Crippen molar-refractivity contribution in [2.75, 3.05) is 12.3 Å². The number of nitrogens with one attached hydrogen (secondary N) is 2. The van der Waals surface area contributed by atoms with E-state index in [1.54, 1.807) is 12.5 Å². The molecule has 3 heterocycles. The molecule has 0 fully saturated rings. The first-order valence-corrected chi connectivity index (χ1v) is 5.79. The number of rotatable bonds is 2. The Hall–Kier alpha value is -2.15. The van der Waals surface area contributed by atoms with Gasteiger partial charge in [-0.2, -0.15) is 0 Å². The van der Waals surface area contributed by atoms with Gasteiger partial charge in [0.2, 0.25) is 5.95 Å². The van der Waals surface area contributed by atoms with Crippen molar-refractivity contribution < 1.29 is 0 Å². The molecule has 0 radical (unpaired) electrons. The number of hydrogen-bond donors (Lipinski definition) is 3. The van der Waals surface area contributed by atoms with E-state index in [1.165, 1.54) is 0 Å². The molecule has 18 heavy (non-hydrogen) atoms. The molecule has 3 rings (SSSR count). The van der Waals surface area contributed by atoms with Crippen LogP contribution in [0, 0.1) is 0 Å². The number of anilines is 1. The van der Waals surface area contributed by atoms with E-state index < -0.39 is 0 Å². The van der Waals surface area contributed by atoms with E-state index in [-0.39, 0.29) is 11.5 Å². The minimum Gasteiger partial charge on any atom is -0.369 e. The summed E-state index contributed by atoms with van der Waals surface area (Å²) in [6, 6.07) is 0. The fraction of sp³-hybridized carbons (Fsp3) is 0.364. The summed E-state index contributed by atoms with van der Waals surface area (Å²) in [5.74, 6) is 0.195. The van der Waals surface area contributed by atoms with Crippen LogP contribution in [0.1, 0.15) is 17.0 Å². The molecule has 0 aliphatic carbocycles. The van der Waals surface area contributed by atoms with Crippen LogP contribution >= 0.6 is 0 Å². The van der Waals surface area contributed by atoms with Crippen molar-refractivity contribution in [2.45, 2.75) is 19.5 Å². The number of nitrogens with zero attached hydrogens (tertiary/aromatic N) is 3. The highest BCUT2D eigenvalue weighted by atomic mass is 16.1. The first kappa shape index (κ1) is 11.0. The lowest BCUT2D eigenvalue weighted by molar-refractivity contribution is 0.239. The highest BCUT2D eigenvalue weighted by molar-refractivity contribution is 5.27. The van der Waals surface area contributed by atoms with Gasteiger partial charge in [0, 0.05) is 37.9 Å². The number of aromatic nitrogens is 4. The number of aromatic amines is 2. The Morgan fingerprint density at radius 1 is 1.50 bits per heavy atom. The molecule has 2 aromatic rings.